The van der Waals surface area contributed by atoms with Crippen LogP contribution in [0, 0.1) is 0 Å². The summed E-state index contributed by atoms with van der Waals surface area (Å²) in [5.41, 5.74) is 0.677. The van der Waals surface area contributed by atoms with E-state index >= 15 is 0 Å². The molecule has 108 valence electrons. The zero-order valence-electron chi connectivity index (χ0n) is 11.2. The van der Waals surface area contributed by atoms with Crippen molar-refractivity contribution in [2.24, 2.45) is 0 Å². The van der Waals surface area contributed by atoms with Crippen LogP contribution in [0.5, 0.6) is 0 Å². The van der Waals surface area contributed by atoms with E-state index in [2.05, 4.69) is 22.7 Å². The largest absolute Gasteiger partial charge is 0.453 e. The van der Waals surface area contributed by atoms with Gasteiger partial charge in [0.25, 0.3) is 0 Å². The lowest BCUT2D eigenvalue weighted by Crippen LogP contribution is -2.51. The summed E-state index contributed by atoms with van der Waals surface area (Å²) in [6.45, 7) is 1.91. The number of carbonyl (C=O) groups excluding carboxylic acids is 2. The highest BCUT2D eigenvalue weighted by molar-refractivity contribution is 7.80. The minimum Gasteiger partial charge on any atom is -0.453 e. The SMILES string of the molecule is COC(=O)N1CCN(C(=O)Nc2ccccc2S)CC1. The summed E-state index contributed by atoms with van der Waals surface area (Å²) in [7, 11) is 1.35. The number of carbonyl (C=O) groups is 2. The van der Waals surface area contributed by atoms with Crippen molar-refractivity contribution in [3.63, 3.8) is 0 Å². The van der Waals surface area contributed by atoms with Crippen LogP contribution in [0.3, 0.4) is 0 Å². The smallest absolute Gasteiger partial charge is 0.409 e. The van der Waals surface area contributed by atoms with Crippen molar-refractivity contribution >= 4 is 30.4 Å². The van der Waals surface area contributed by atoms with Crippen LogP contribution in [-0.2, 0) is 4.74 Å². The lowest BCUT2D eigenvalue weighted by atomic mass is 10.3. The van der Waals surface area contributed by atoms with Gasteiger partial charge in [-0.2, -0.15) is 0 Å². The lowest BCUT2D eigenvalue weighted by Gasteiger charge is -2.33. The average molecular weight is 295 g/mol. The third-order valence-corrected chi connectivity index (χ3v) is 3.54. The van der Waals surface area contributed by atoms with E-state index in [1.54, 1.807) is 15.9 Å². The van der Waals surface area contributed by atoms with Gasteiger partial charge in [0.2, 0.25) is 0 Å². The molecule has 20 heavy (non-hydrogen) atoms. The number of urea groups is 1. The predicted octanol–water partition coefficient (Wildman–Crippen LogP) is 1.89. The molecule has 1 aromatic rings. The molecule has 0 atom stereocenters. The van der Waals surface area contributed by atoms with Crippen molar-refractivity contribution in [2.75, 3.05) is 38.6 Å². The molecule has 2 rings (SSSR count). The number of methoxy groups -OCH3 is 1. The van der Waals surface area contributed by atoms with Crippen LogP contribution in [0.2, 0.25) is 0 Å². The van der Waals surface area contributed by atoms with Gasteiger partial charge in [-0.1, -0.05) is 12.1 Å². The number of para-hydroxylation sites is 1. The van der Waals surface area contributed by atoms with Crippen molar-refractivity contribution in [3.05, 3.63) is 24.3 Å². The van der Waals surface area contributed by atoms with E-state index in [9.17, 15) is 9.59 Å². The van der Waals surface area contributed by atoms with Crippen molar-refractivity contribution in [1.29, 1.82) is 0 Å². The van der Waals surface area contributed by atoms with Crippen LogP contribution in [0.15, 0.2) is 29.2 Å². The zero-order chi connectivity index (χ0) is 14.5. The number of thiol groups is 1. The standard InChI is InChI=1S/C13H17N3O3S/c1-19-13(18)16-8-6-15(7-9-16)12(17)14-10-4-2-3-5-11(10)20/h2-5,20H,6-9H2,1H3,(H,14,17). The molecule has 1 fully saturated rings. The third-order valence-electron chi connectivity index (χ3n) is 3.15. The number of nitrogens with zero attached hydrogens (tertiary/aromatic N) is 2. The summed E-state index contributed by atoms with van der Waals surface area (Å²) < 4.78 is 4.65. The number of benzene rings is 1. The van der Waals surface area contributed by atoms with Gasteiger partial charge in [0.1, 0.15) is 0 Å². The monoisotopic (exact) mass is 295 g/mol. The zero-order valence-corrected chi connectivity index (χ0v) is 12.1. The topological polar surface area (TPSA) is 61.9 Å². The fourth-order valence-electron chi connectivity index (χ4n) is 1.99. The Morgan fingerprint density at radius 1 is 1.15 bits per heavy atom. The van der Waals surface area contributed by atoms with Gasteiger partial charge in [-0.15, -0.1) is 12.6 Å². The summed E-state index contributed by atoms with van der Waals surface area (Å²) >= 11 is 4.29. The molecule has 1 aromatic carbocycles. The molecule has 1 aliphatic rings. The molecule has 1 heterocycles. The molecule has 1 aliphatic heterocycles. The van der Waals surface area contributed by atoms with Crippen molar-refractivity contribution in [2.45, 2.75) is 4.90 Å². The van der Waals surface area contributed by atoms with Gasteiger partial charge in [0, 0.05) is 31.1 Å². The normalized spacial score (nSPS) is 14.9. The van der Waals surface area contributed by atoms with Gasteiger partial charge in [0.15, 0.2) is 0 Å². The molecule has 0 aromatic heterocycles. The van der Waals surface area contributed by atoms with Crippen LogP contribution >= 0.6 is 12.6 Å². The van der Waals surface area contributed by atoms with Crippen LogP contribution in [0.1, 0.15) is 0 Å². The van der Waals surface area contributed by atoms with Crippen LogP contribution in [-0.4, -0.2) is 55.2 Å². The Bertz CT molecular complexity index is 501. The number of nitrogens with one attached hydrogen (secondary N) is 1. The Morgan fingerprint density at radius 2 is 1.75 bits per heavy atom. The molecule has 0 unspecified atom stereocenters. The van der Waals surface area contributed by atoms with Crippen LogP contribution in [0.4, 0.5) is 15.3 Å². The molecule has 7 heteroatoms. The molecule has 6 nitrogen and oxygen atoms in total. The molecule has 0 saturated carbocycles. The second-order valence-corrected chi connectivity index (χ2v) is 4.87. The highest BCUT2D eigenvalue weighted by Crippen LogP contribution is 2.19. The minimum absolute atomic E-state index is 0.184. The van der Waals surface area contributed by atoms with Crippen molar-refractivity contribution in [1.82, 2.24) is 9.80 Å². The first kappa shape index (κ1) is 14.5. The van der Waals surface area contributed by atoms with Gasteiger partial charge in [-0.3, -0.25) is 0 Å². The maximum absolute atomic E-state index is 12.1. The van der Waals surface area contributed by atoms with E-state index in [0.29, 0.717) is 36.8 Å². The van der Waals surface area contributed by atoms with Crippen LogP contribution < -0.4 is 5.32 Å². The van der Waals surface area contributed by atoms with Crippen molar-refractivity contribution < 1.29 is 14.3 Å². The second kappa shape index (κ2) is 6.51. The molecular weight excluding hydrogens is 278 g/mol. The van der Waals surface area contributed by atoms with Gasteiger partial charge >= 0.3 is 12.1 Å². The molecule has 1 N–H and O–H groups in total. The maximum atomic E-state index is 12.1. The van der Waals surface area contributed by atoms with E-state index in [0.717, 1.165) is 0 Å². The second-order valence-electron chi connectivity index (χ2n) is 4.39. The molecule has 0 radical (unpaired) electrons. The highest BCUT2D eigenvalue weighted by atomic mass is 32.1. The summed E-state index contributed by atoms with van der Waals surface area (Å²) in [5.74, 6) is 0. The van der Waals surface area contributed by atoms with E-state index < -0.39 is 0 Å². The number of rotatable bonds is 1. The van der Waals surface area contributed by atoms with Gasteiger partial charge in [-0.25, -0.2) is 9.59 Å². The quantitative estimate of drug-likeness (QED) is 0.778. The Balaban J connectivity index is 1.89. The highest BCUT2D eigenvalue weighted by Gasteiger charge is 2.24. The average Bonchev–Trinajstić information content (AvgIpc) is 2.49. The minimum atomic E-state index is -0.356. The lowest BCUT2D eigenvalue weighted by molar-refractivity contribution is 0.0992. The van der Waals surface area contributed by atoms with E-state index in [1.165, 1.54) is 7.11 Å². The van der Waals surface area contributed by atoms with E-state index in [-0.39, 0.29) is 12.1 Å². The number of anilines is 1. The van der Waals surface area contributed by atoms with Gasteiger partial charge in [0.05, 0.1) is 12.8 Å². The summed E-state index contributed by atoms with van der Waals surface area (Å²) in [4.78, 5) is 27.4. The maximum Gasteiger partial charge on any atom is 0.409 e. The van der Waals surface area contributed by atoms with Gasteiger partial charge < -0.3 is 19.9 Å². The fraction of sp³-hybridized carbons (Fsp3) is 0.385. The van der Waals surface area contributed by atoms with Crippen molar-refractivity contribution in [3.8, 4) is 0 Å². The first-order valence-electron chi connectivity index (χ1n) is 6.28. The van der Waals surface area contributed by atoms with E-state index in [4.69, 9.17) is 0 Å². The number of ether oxygens (including phenoxy) is 1. The first-order valence-corrected chi connectivity index (χ1v) is 6.73. The summed E-state index contributed by atoms with van der Waals surface area (Å²) in [5, 5.41) is 2.81. The molecule has 0 bridgehead atoms. The third kappa shape index (κ3) is 3.36. The first-order chi connectivity index (χ1) is 9.61. The predicted molar refractivity (Wildman–Crippen MR) is 78.3 cm³/mol. The Kier molecular flexibility index (Phi) is 4.73. The number of hydrogen-bond donors (Lipinski definition) is 2. The molecule has 0 spiro atoms. The Labute approximate surface area is 123 Å². The number of hydrogen-bond acceptors (Lipinski definition) is 4. The summed E-state index contributed by atoms with van der Waals surface area (Å²) in [6, 6.07) is 7.12. The Morgan fingerprint density at radius 3 is 2.35 bits per heavy atom. The number of amides is 3. The van der Waals surface area contributed by atoms with E-state index in [1.807, 2.05) is 18.2 Å². The Hall–Kier alpha value is -1.89. The van der Waals surface area contributed by atoms with Gasteiger partial charge in [-0.05, 0) is 12.1 Å². The molecular formula is C13H17N3O3S. The van der Waals surface area contributed by atoms with Crippen LogP contribution in [0.25, 0.3) is 0 Å². The summed E-state index contributed by atoms with van der Waals surface area (Å²) in [6.07, 6.45) is -0.356. The number of piperazine rings is 1. The molecule has 0 aliphatic carbocycles. The molecule has 1 saturated heterocycles. The fourth-order valence-corrected chi connectivity index (χ4v) is 2.21. The molecule has 3 amide bonds.